The van der Waals surface area contributed by atoms with Gasteiger partial charge >= 0.3 is 12.0 Å². The van der Waals surface area contributed by atoms with Crippen molar-refractivity contribution in [3.8, 4) is 0 Å². The number of rotatable bonds is 6. The maximum Gasteiger partial charge on any atom is 0.322 e. The summed E-state index contributed by atoms with van der Waals surface area (Å²) in [6, 6.07) is 21.5. The standard InChI is InChI=1S/C35H33FN4O4/c1-3-44-32(41)19-24-15-17-39(33-29(24)10-6-11-30(33)36)35(43)37-20-26-14-13-25(18-23(26)2)34(42)40-22-28-9-7-16-38(28)21-27-8-4-5-12-31(27)40/h4-16,18H,3,17,19-22H2,1-2H3,(H,37,43). The highest BCUT2D eigenvalue weighted by molar-refractivity contribution is 6.06. The first-order valence-corrected chi connectivity index (χ1v) is 14.7. The highest BCUT2D eigenvalue weighted by Crippen LogP contribution is 2.36. The summed E-state index contributed by atoms with van der Waals surface area (Å²) in [5.74, 6) is -1.05. The van der Waals surface area contributed by atoms with Crippen LogP contribution in [0.2, 0.25) is 0 Å². The van der Waals surface area contributed by atoms with Crippen molar-refractivity contribution >= 4 is 34.9 Å². The first-order chi connectivity index (χ1) is 21.3. The van der Waals surface area contributed by atoms with E-state index in [2.05, 4.69) is 9.88 Å². The predicted octanol–water partition coefficient (Wildman–Crippen LogP) is 6.21. The normalized spacial score (nSPS) is 13.7. The highest BCUT2D eigenvalue weighted by Gasteiger charge is 2.28. The van der Waals surface area contributed by atoms with E-state index in [4.69, 9.17) is 4.74 Å². The number of aromatic nitrogens is 1. The van der Waals surface area contributed by atoms with Gasteiger partial charge in [-0.05, 0) is 72.5 Å². The van der Waals surface area contributed by atoms with Gasteiger partial charge in [-0.1, -0.05) is 42.5 Å². The molecule has 1 aromatic heterocycles. The zero-order chi connectivity index (χ0) is 30.8. The summed E-state index contributed by atoms with van der Waals surface area (Å²) in [6.07, 6.45) is 3.78. The van der Waals surface area contributed by atoms with Crippen molar-refractivity contribution in [2.45, 2.75) is 39.9 Å². The van der Waals surface area contributed by atoms with E-state index in [1.54, 1.807) is 31.2 Å². The summed E-state index contributed by atoms with van der Waals surface area (Å²) in [4.78, 5) is 42.4. The average molecular weight is 593 g/mol. The van der Waals surface area contributed by atoms with Gasteiger partial charge in [0.05, 0.1) is 25.3 Å². The number of carbonyl (C=O) groups excluding carboxylic acids is 3. The summed E-state index contributed by atoms with van der Waals surface area (Å²) < 4.78 is 22.2. The molecule has 3 heterocycles. The number of anilines is 2. The van der Waals surface area contributed by atoms with E-state index in [-0.39, 0.29) is 37.7 Å². The molecule has 6 rings (SSSR count). The molecule has 0 unspecified atom stereocenters. The summed E-state index contributed by atoms with van der Waals surface area (Å²) in [5, 5.41) is 2.90. The monoisotopic (exact) mass is 592 g/mol. The van der Waals surface area contributed by atoms with E-state index in [1.807, 2.05) is 66.6 Å². The van der Waals surface area contributed by atoms with Crippen LogP contribution in [0.1, 0.15) is 51.7 Å². The molecule has 8 nitrogen and oxygen atoms in total. The molecule has 0 spiro atoms. The Morgan fingerprint density at radius 3 is 2.61 bits per heavy atom. The van der Waals surface area contributed by atoms with E-state index in [9.17, 15) is 14.4 Å². The van der Waals surface area contributed by atoms with Crippen molar-refractivity contribution in [1.82, 2.24) is 9.88 Å². The van der Waals surface area contributed by atoms with Crippen molar-refractivity contribution in [3.63, 3.8) is 0 Å². The Hall–Kier alpha value is -5.18. The minimum Gasteiger partial charge on any atom is -0.466 e. The topological polar surface area (TPSA) is 83.9 Å². The molecule has 9 heteroatoms. The molecule has 0 fully saturated rings. The Labute approximate surface area is 255 Å². The first kappa shape index (κ1) is 28.9. The molecule has 0 radical (unpaired) electrons. The lowest BCUT2D eigenvalue weighted by atomic mass is 9.96. The molecule has 0 atom stereocenters. The summed E-state index contributed by atoms with van der Waals surface area (Å²) in [6.45, 7) is 5.36. The van der Waals surface area contributed by atoms with Crippen molar-refractivity contribution in [2.75, 3.05) is 23.0 Å². The van der Waals surface area contributed by atoms with Crippen LogP contribution >= 0.6 is 0 Å². The molecular formula is C35H33FN4O4. The lowest BCUT2D eigenvalue weighted by molar-refractivity contribution is -0.141. The van der Waals surface area contributed by atoms with Crippen molar-refractivity contribution in [1.29, 1.82) is 0 Å². The zero-order valence-corrected chi connectivity index (χ0v) is 24.7. The van der Waals surface area contributed by atoms with Crippen molar-refractivity contribution in [2.24, 2.45) is 0 Å². The van der Waals surface area contributed by atoms with Crippen LogP contribution in [0.15, 0.2) is 85.1 Å². The minimum atomic E-state index is -0.548. The number of benzene rings is 3. The smallest absolute Gasteiger partial charge is 0.322 e. The van der Waals surface area contributed by atoms with Crippen LogP contribution in [-0.2, 0) is 29.2 Å². The number of para-hydroxylation sites is 2. The SMILES string of the molecule is CCOC(=O)CC1=CCN(C(=O)NCc2ccc(C(=O)N3Cc4cccn4Cc4ccccc43)cc2C)c2c(F)cccc21. The number of hydrogen-bond acceptors (Lipinski definition) is 4. The van der Waals surface area contributed by atoms with Gasteiger partial charge in [0.1, 0.15) is 5.82 Å². The fourth-order valence-electron chi connectivity index (χ4n) is 5.89. The molecular weight excluding hydrogens is 559 g/mol. The Morgan fingerprint density at radius 2 is 1.80 bits per heavy atom. The third-order valence-corrected chi connectivity index (χ3v) is 8.14. The molecule has 2 aliphatic heterocycles. The number of halogens is 1. The van der Waals surface area contributed by atoms with E-state index < -0.39 is 17.8 Å². The van der Waals surface area contributed by atoms with Gasteiger partial charge in [0.2, 0.25) is 0 Å². The Bertz CT molecular complexity index is 1790. The number of fused-ring (bicyclic) bond motifs is 3. The Morgan fingerprint density at radius 1 is 0.955 bits per heavy atom. The van der Waals surface area contributed by atoms with E-state index >= 15 is 4.39 Å². The third kappa shape index (κ3) is 5.60. The number of nitrogens with zero attached hydrogens (tertiary/aromatic N) is 3. The maximum atomic E-state index is 15.0. The number of amides is 3. The van der Waals surface area contributed by atoms with Crippen LogP contribution in [0.5, 0.6) is 0 Å². The average Bonchev–Trinajstić information content (AvgIpc) is 3.39. The fraction of sp³-hybridized carbons (Fsp3) is 0.229. The minimum absolute atomic E-state index is 0.000224. The molecule has 0 saturated heterocycles. The van der Waals surface area contributed by atoms with Crippen molar-refractivity contribution in [3.05, 3.63) is 124 Å². The molecule has 2 aliphatic rings. The molecule has 3 aromatic carbocycles. The molecule has 0 bridgehead atoms. The van der Waals surface area contributed by atoms with Gasteiger partial charge in [0.25, 0.3) is 5.91 Å². The van der Waals surface area contributed by atoms with Crippen LogP contribution in [0, 0.1) is 12.7 Å². The van der Waals surface area contributed by atoms with Gasteiger partial charge in [-0.25, -0.2) is 9.18 Å². The van der Waals surface area contributed by atoms with Gasteiger partial charge < -0.3 is 19.5 Å². The van der Waals surface area contributed by atoms with E-state index in [0.717, 1.165) is 28.1 Å². The van der Waals surface area contributed by atoms with Crippen LogP contribution < -0.4 is 15.1 Å². The van der Waals surface area contributed by atoms with Gasteiger partial charge in [0, 0.05) is 48.3 Å². The number of carbonyl (C=O) groups is 3. The molecule has 3 amide bonds. The maximum absolute atomic E-state index is 15.0. The number of urea groups is 1. The van der Waals surface area contributed by atoms with Gasteiger partial charge in [-0.3, -0.25) is 14.5 Å². The summed E-state index contributed by atoms with van der Waals surface area (Å²) in [5.41, 5.74) is 6.51. The molecule has 4 aromatic rings. The largest absolute Gasteiger partial charge is 0.466 e. The number of hydrogen-bond donors (Lipinski definition) is 1. The van der Waals surface area contributed by atoms with E-state index in [0.29, 0.717) is 29.8 Å². The lowest BCUT2D eigenvalue weighted by Gasteiger charge is -2.29. The Kier molecular flexibility index (Phi) is 8.02. The number of aryl methyl sites for hydroxylation is 1. The molecule has 0 aliphatic carbocycles. The quantitative estimate of drug-likeness (QED) is 0.270. The second kappa shape index (κ2) is 12.2. The first-order valence-electron chi connectivity index (χ1n) is 14.7. The highest BCUT2D eigenvalue weighted by atomic mass is 19.1. The molecule has 0 saturated carbocycles. The van der Waals surface area contributed by atoms with Crippen LogP contribution in [-0.4, -0.2) is 35.6 Å². The van der Waals surface area contributed by atoms with Crippen molar-refractivity contribution < 1.29 is 23.5 Å². The fourth-order valence-corrected chi connectivity index (χ4v) is 5.89. The predicted molar refractivity (Wildman–Crippen MR) is 167 cm³/mol. The second-order valence-electron chi connectivity index (χ2n) is 10.9. The summed E-state index contributed by atoms with van der Waals surface area (Å²) in [7, 11) is 0. The third-order valence-electron chi connectivity index (χ3n) is 8.14. The van der Waals surface area contributed by atoms with Crippen LogP contribution in [0.3, 0.4) is 0 Å². The summed E-state index contributed by atoms with van der Waals surface area (Å²) >= 11 is 0. The molecule has 44 heavy (non-hydrogen) atoms. The Balaban J connectivity index is 1.17. The van der Waals surface area contributed by atoms with Gasteiger partial charge in [-0.2, -0.15) is 0 Å². The van der Waals surface area contributed by atoms with E-state index in [1.165, 1.54) is 11.0 Å². The van der Waals surface area contributed by atoms with Crippen LogP contribution in [0.4, 0.5) is 20.6 Å². The molecule has 1 N–H and O–H groups in total. The number of ether oxygens (including phenoxy) is 1. The van der Waals surface area contributed by atoms with Crippen LogP contribution in [0.25, 0.3) is 5.57 Å². The van der Waals surface area contributed by atoms with Gasteiger partial charge in [-0.15, -0.1) is 0 Å². The zero-order valence-electron chi connectivity index (χ0n) is 24.7. The lowest BCUT2D eigenvalue weighted by Crippen LogP contribution is -2.42. The number of esters is 1. The molecule has 224 valence electrons. The second-order valence-corrected chi connectivity index (χ2v) is 10.9. The number of nitrogens with one attached hydrogen (secondary N) is 1. The van der Waals surface area contributed by atoms with Gasteiger partial charge in [0.15, 0.2) is 0 Å².